The van der Waals surface area contributed by atoms with Crippen molar-refractivity contribution < 1.29 is 8.42 Å². The van der Waals surface area contributed by atoms with E-state index in [1.165, 1.54) is 0 Å². The minimum atomic E-state index is -3.28. The fourth-order valence-electron chi connectivity index (χ4n) is 2.34. The molecule has 0 amide bonds. The Morgan fingerprint density at radius 3 is 2.59 bits per heavy atom. The summed E-state index contributed by atoms with van der Waals surface area (Å²) in [6.07, 6.45) is 2.29. The molecule has 0 spiro atoms. The molecule has 2 atom stereocenters. The molecule has 0 saturated heterocycles. The van der Waals surface area contributed by atoms with Gasteiger partial charge in [-0.1, -0.05) is 23.7 Å². The lowest BCUT2D eigenvalue weighted by atomic mass is 10.3. The molecule has 1 aromatic rings. The van der Waals surface area contributed by atoms with Crippen molar-refractivity contribution in [3.8, 4) is 0 Å². The van der Waals surface area contributed by atoms with Crippen LogP contribution in [0.2, 0.25) is 5.02 Å². The van der Waals surface area contributed by atoms with Gasteiger partial charge in [-0.25, -0.2) is 8.42 Å². The van der Waals surface area contributed by atoms with Crippen LogP contribution in [0.25, 0.3) is 0 Å². The number of hydrogen-bond donors (Lipinski definition) is 1. The van der Waals surface area contributed by atoms with Crippen molar-refractivity contribution in [1.82, 2.24) is 5.32 Å². The molecule has 0 radical (unpaired) electrons. The van der Waals surface area contributed by atoms with Crippen molar-refractivity contribution in [2.45, 2.75) is 35.4 Å². The molecule has 3 nitrogen and oxygen atoms in total. The predicted molar refractivity (Wildman–Crippen MR) is 69.1 cm³/mol. The van der Waals surface area contributed by atoms with Gasteiger partial charge in [0.1, 0.15) is 0 Å². The Morgan fingerprint density at radius 2 is 2.00 bits per heavy atom. The molecule has 94 valence electrons. The Kier molecular flexibility index (Phi) is 3.76. The predicted octanol–water partition coefficient (Wildman–Crippen LogP) is 2.25. The van der Waals surface area contributed by atoms with Gasteiger partial charge in [-0.05, 0) is 38.4 Å². The van der Waals surface area contributed by atoms with E-state index in [2.05, 4.69) is 5.32 Å². The zero-order chi connectivity index (χ0) is 12.5. The van der Waals surface area contributed by atoms with Crippen LogP contribution in [0.1, 0.15) is 19.3 Å². The monoisotopic (exact) mass is 273 g/mol. The van der Waals surface area contributed by atoms with Gasteiger partial charge >= 0.3 is 0 Å². The Morgan fingerprint density at radius 1 is 1.29 bits per heavy atom. The molecule has 2 rings (SSSR count). The average molecular weight is 274 g/mol. The average Bonchev–Trinajstić information content (AvgIpc) is 2.78. The highest BCUT2D eigenvalue weighted by Gasteiger charge is 2.35. The highest BCUT2D eigenvalue weighted by molar-refractivity contribution is 7.92. The number of benzene rings is 1. The highest BCUT2D eigenvalue weighted by atomic mass is 35.5. The van der Waals surface area contributed by atoms with Gasteiger partial charge < -0.3 is 5.32 Å². The van der Waals surface area contributed by atoms with Crippen molar-refractivity contribution in [2.75, 3.05) is 7.05 Å². The maximum absolute atomic E-state index is 12.4. The van der Waals surface area contributed by atoms with Gasteiger partial charge in [-0.15, -0.1) is 0 Å². The van der Waals surface area contributed by atoms with Crippen molar-refractivity contribution in [3.63, 3.8) is 0 Å². The SMILES string of the molecule is CNC1CCC(S(=O)(=O)c2ccccc2Cl)C1. The first-order chi connectivity index (χ1) is 8.05. The van der Waals surface area contributed by atoms with Gasteiger partial charge in [0.2, 0.25) is 0 Å². The van der Waals surface area contributed by atoms with Crippen molar-refractivity contribution in [1.29, 1.82) is 0 Å². The molecule has 0 bridgehead atoms. The highest BCUT2D eigenvalue weighted by Crippen LogP contribution is 2.32. The molecule has 0 heterocycles. The van der Waals surface area contributed by atoms with E-state index in [1.807, 2.05) is 7.05 Å². The first-order valence-corrected chi connectivity index (χ1v) is 7.64. The Hall–Kier alpha value is -0.580. The largest absolute Gasteiger partial charge is 0.317 e. The van der Waals surface area contributed by atoms with Crippen LogP contribution in [0.4, 0.5) is 0 Å². The smallest absolute Gasteiger partial charge is 0.182 e. The van der Waals surface area contributed by atoms with Gasteiger partial charge in [-0.2, -0.15) is 0 Å². The summed E-state index contributed by atoms with van der Waals surface area (Å²) in [6.45, 7) is 0. The molecular formula is C12H16ClNO2S. The van der Waals surface area contributed by atoms with Crippen LogP contribution in [-0.4, -0.2) is 26.8 Å². The van der Waals surface area contributed by atoms with Gasteiger partial charge in [0, 0.05) is 6.04 Å². The minimum Gasteiger partial charge on any atom is -0.317 e. The van der Waals surface area contributed by atoms with Gasteiger partial charge in [0.15, 0.2) is 9.84 Å². The van der Waals surface area contributed by atoms with Crippen LogP contribution in [0.5, 0.6) is 0 Å². The Labute approximate surface area is 107 Å². The number of halogens is 1. The van der Waals surface area contributed by atoms with E-state index in [4.69, 9.17) is 11.6 Å². The normalized spacial score (nSPS) is 25.1. The summed E-state index contributed by atoms with van der Waals surface area (Å²) in [6, 6.07) is 6.97. The quantitative estimate of drug-likeness (QED) is 0.919. The van der Waals surface area contributed by atoms with E-state index in [0.29, 0.717) is 23.9 Å². The molecule has 5 heteroatoms. The first-order valence-electron chi connectivity index (χ1n) is 5.71. The summed E-state index contributed by atoms with van der Waals surface area (Å²) in [5, 5.41) is 3.15. The fourth-order valence-corrected chi connectivity index (χ4v) is 4.70. The number of sulfone groups is 1. The third kappa shape index (κ3) is 2.49. The molecule has 1 fully saturated rings. The van der Waals surface area contributed by atoms with Crippen LogP contribution in [0, 0.1) is 0 Å². The lowest BCUT2D eigenvalue weighted by Crippen LogP contribution is -2.25. The van der Waals surface area contributed by atoms with E-state index in [1.54, 1.807) is 24.3 Å². The molecule has 1 saturated carbocycles. The number of nitrogens with one attached hydrogen (secondary N) is 1. The van der Waals surface area contributed by atoms with Crippen molar-refractivity contribution in [2.24, 2.45) is 0 Å². The molecule has 2 unspecified atom stereocenters. The minimum absolute atomic E-state index is 0.267. The maximum atomic E-state index is 12.4. The first kappa shape index (κ1) is 12.9. The van der Waals surface area contributed by atoms with Gasteiger partial charge in [0.05, 0.1) is 15.2 Å². The molecular weight excluding hydrogens is 258 g/mol. The van der Waals surface area contributed by atoms with Gasteiger partial charge in [-0.3, -0.25) is 0 Å². The van der Waals surface area contributed by atoms with E-state index < -0.39 is 9.84 Å². The summed E-state index contributed by atoms with van der Waals surface area (Å²) in [7, 11) is -1.41. The third-order valence-electron chi connectivity index (χ3n) is 3.37. The summed E-state index contributed by atoms with van der Waals surface area (Å²) < 4.78 is 24.8. The summed E-state index contributed by atoms with van der Waals surface area (Å²) >= 11 is 5.96. The third-order valence-corrected chi connectivity index (χ3v) is 6.09. The molecule has 1 N–H and O–H groups in total. The van der Waals surface area contributed by atoms with Crippen molar-refractivity contribution in [3.05, 3.63) is 29.3 Å². The second-order valence-corrected chi connectivity index (χ2v) is 7.00. The number of rotatable bonds is 3. The Bertz CT molecular complexity index is 501. The van der Waals surface area contributed by atoms with E-state index in [0.717, 1.165) is 6.42 Å². The second-order valence-electron chi connectivity index (χ2n) is 4.40. The lowest BCUT2D eigenvalue weighted by molar-refractivity contribution is 0.564. The second kappa shape index (κ2) is 4.96. The zero-order valence-corrected chi connectivity index (χ0v) is 11.3. The topological polar surface area (TPSA) is 46.2 Å². The van der Waals surface area contributed by atoms with Crippen LogP contribution in [-0.2, 0) is 9.84 Å². The summed E-state index contributed by atoms with van der Waals surface area (Å²) in [4.78, 5) is 0.267. The van der Waals surface area contributed by atoms with E-state index in [9.17, 15) is 8.42 Å². The Balaban J connectivity index is 2.29. The van der Waals surface area contributed by atoms with Crippen molar-refractivity contribution >= 4 is 21.4 Å². The molecule has 1 aliphatic carbocycles. The lowest BCUT2D eigenvalue weighted by Gasteiger charge is -2.13. The molecule has 0 aromatic heterocycles. The zero-order valence-electron chi connectivity index (χ0n) is 9.69. The maximum Gasteiger partial charge on any atom is 0.182 e. The summed E-state index contributed by atoms with van der Waals surface area (Å²) in [5.41, 5.74) is 0. The van der Waals surface area contributed by atoms with Crippen LogP contribution < -0.4 is 5.32 Å². The molecule has 0 aliphatic heterocycles. The fraction of sp³-hybridized carbons (Fsp3) is 0.500. The van der Waals surface area contributed by atoms with Gasteiger partial charge in [0.25, 0.3) is 0 Å². The summed E-state index contributed by atoms with van der Waals surface area (Å²) in [5.74, 6) is 0. The molecule has 1 aliphatic rings. The van der Waals surface area contributed by atoms with E-state index >= 15 is 0 Å². The molecule has 1 aromatic carbocycles. The van der Waals surface area contributed by atoms with Crippen LogP contribution in [0.3, 0.4) is 0 Å². The van der Waals surface area contributed by atoms with Crippen LogP contribution in [0.15, 0.2) is 29.2 Å². The standard InChI is InChI=1S/C12H16ClNO2S/c1-14-9-6-7-10(8-9)17(15,16)12-5-3-2-4-11(12)13/h2-5,9-10,14H,6-8H2,1H3. The van der Waals surface area contributed by atoms with E-state index in [-0.39, 0.29) is 10.1 Å². The molecule has 17 heavy (non-hydrogen) atoms. The van der Waals surface area contributed by atoms with Crippen LogP contribution >= 0.6 is 11.6 Å². The number of hydrogen-bond acceptors (Lipinski definition) is 3.